The van der Waals surface area contributed by atoms with Crippen LogP contribution in [0.1, 0.15) is 111 Å². The summed E-state index contributed by atoms with van der Waals surface area (Å²) in [6.45, 7) is 6.94. The van der Waals surface area contributed by atoms with Crippen LogP contribution in [-0.4, -0.2) is 17.3 Å². The van der Waals surface area contributed by atoms with Gasteiger partial charge in [0.1, 0.15) is 0 Å². The molecular formula is C20H43BrS. The predicted molar refractivity (Wildman–Crippen MR) is 113 cm³/mol. The maximum atomic E-state index is 4.26. The van der Waals surface area contributed by atoms with Crippen LogP contribution in [-0.2, 0) is 0 Å². The van der Waals surface area contributed by atoms with Gasteiger partial charge in [-0.25, -0.2) is 0 Å². The fourth-order valence-corrected chi connectivity index (χ4v) is 7.86. The zero-order chi connectivity index (χ0) is 16.5. The highest BCUT2D eigenvalue weighted by molar-refractivity contribution is 9.58. The maximum Gasteiger partial charge on any atom is -0.0136 e. The normalized spacial score (nSPS) is 12.7. The summed E-state index contributed by atoms with van der Waals surface area (Å²) in [5, 5.41) is 0. The van der Waals surface area contributed by atoms with Crippen LogP contribution in [0.2, 0.25) is 0 Å². The molecule has 0 amide bonds. The lowest BCUT2D eigenvalue weighted by atomic mass is 10.1. The first kappa shape index (κ1) is 22.8. The number of hydrogen-bond acceptors (Lipinski definition) is 0. The molecule has 2 heteroatoms. The van der Waals surface area contributed by atoms with E-state index in [0.717, 1.165) is 0 Å². The largest absolute Gasteiger partial charge is 0.183 e. The minimum Gasteiger partial charge on any atom is -0.183 e. The van der Waals surface area contributed by atoms with Gasteiger partial charge in [-0.1, -0.05) is 91.4 Å². The molecule has 0 aliphatic carbocycles. The van der Waals surface area contributed by atoms with Crippen LogP contribution in [0.5, 0.6) is 0 Å². The Kier molecular flexibility index (Phi) is 17.3. The molecule has 0 heterocycles. The monoisotopic (exact) mass is 394 g/mol. The quantitative estimate of drug-likeness (QED) is 0.216. The summed E-state index contributed by atoms with van der Waals surface area (Å²) in [5.41, 5.74) is 0. The molecule has 136 valence electrons. The second kappa shape index (κ2) is 16.7. The lowest BCUT2D eigenvalue weighted by Gasteiger charge is -2.34. The predicted octanol–water partition coefficient (Wildman–Crippen LogP) is 8.62. The fourth-order valence-electron chi connectivity index (χ4n) is 3.02. The van der Waals surface area contributed by atoms with E-state index in [0.29, 0.717) is 0 Å². The highest BCUT2D eigenvalue weighted by Gasteiger charge is 2.19. The molecule has 0 aromatic carbocycles. The van der Waals surface area contributed by atoms with Crippen molar-refractivity contribution in [3.8, 4) is 0 Å². The Labute approximate surface area is 151 Å². The molecule has 0 saturated carbocycles. The standard InChI is InChI=1S/C20H43BrS/c1-4-7-10-13-14-17-20-22(21,18-15-11-8-5-2)19-16-12-9-6-3/h4-20H2,1-3H3. The van der Waals surface area contributed by atoms with Crippen molar-refractivity contribution in [2.45, 2.75) is 111 Å². The SMILES string of the molecule is CCCCCCCCS(Br)(CCCCCC)CCCCCC. The molecular weight excluding hydrogens is 352 g/mol. The lowest BCUT2D eigenvalue weighted by molar-refractivity contribution is 0.626. The molecule has 0 unspecified atom stereocenters. The molecule has 0 N–H and O–H groups in total. The van der Waals surface area contributed by atoms with Crippen LogP contribution < -0.4 is 0 Å². The summed E-state index contributed by atoms with van der Waals surface area (Å²) >= 11 is 4.26. The topological polar surface area (TPSA) is 0 Å². The summed E-state index contributed by atoms with van der Waals surface area (Å²) in [4.78, 5) is 0. The van der Waals surface area contributed by atoms with Gasteiger partial charge in [-0.05, 0) is 51.3 Å². The first-order valence-corrected chi connectivity index (χ1v) is 14.1. The Morgan fingerprint density at radius 2 is 0.727 bits per heavy atom. The number of rotatable bonds is 17. The minimum absolute atomic E-state index is 0.480. The highest BCUT2D eigenvalue weighted by atomic mass is 79.9. The third kappa shape index (κ3) is 14.4. The molecule has 0 bridgehead atoms. The molecule has 0 fully saturated rings. The second-order valence-electron chi connectivity index (χ2n) is 6.94. The van der Waals surface area contributed by atoms with E-state index in [1.54, 1.807) is 0 Å². The maximum absolute atomic E-state index is 4.26. The third-order valence-corrected chi connectivity index (χ3v) is 10.6. The van der Waals surface area contributed by atoms with Gasteiger partial charge >= 0.3 is 0 Å². The van der Waals surface area contributed by atoms with Crippen molar-refractivity contribution in [3.63, 3.8) is 0 Å². The zero-order valence-corrected chi connectivity index (χ0v) is 18.2. The molecule has 0 rings (SSSR count). The Morgan fingerprint density at radius 3 is 1.09 bits per heavy atom. The number of hydrogen-bond donors (Lipinski definition) is 0. The average Bonchev–Trinajstić information content (AvgIpc) is 2.52. The van der Waals surface area contributed by atoms with Crippen molar-refractivity contribution in [2.75, 3.05) is 17.3 Å². The van der Waals surface area contributed by atoms with Gasteiger partial charge < -0.3 is 0 Å². The van der Waals surface area contributed by atoms with Crippen molar-refractivity contribution in [3.05, 3.63) is 0 Å². The summed E-state index contributed by atoms with van der Waals surface area (Å²) in [7, 11) is -0.480. The highest BCUT2D eigenvalue weighted by Crippen LogP contribution is 2.57. The van der Waals surface area contributed by atoms with Crippen LogP contribution in [0.4, 0.5) is 0 Å². The molecule has 0 saturated heterocycles. The van der Waals surface area contributed by atoms with Crippen molar-refractivity contribution in [2.24, 2.45) is 0 Å². The zero-order valence-electron chi connectivity index (χ0n) is 15.8. The smallest absolute Gasteiger partial charge is 0.0136 e. The van der Waals surface area contributed by atoms with E-state index < -0.39 is 8.46 Å². The van der Waals surface area contributed by atoms with Crippen molar-refractivity contribution < 1.29 is 0 Å². The molecule has 0 nitrogen and oxygen atoms in total. The second-order valence-corrected chi connectivity index (χ2v) is 14.2. The van der Waals surface area contributed by atoms with Crippen LogP contribution in [0, 0.1) is 0 Å². The molecule has 22 heavy (non-hydrogen) atoms. The lowest BCUT2D eigenvalue weighted by Crippen LogP contribution is -2.08. The molecule has 0 atom stereocenters. The summed E-state index contributed by atoms with van der Waals surface area (Å²) in [6.07, 6.45) is 20.0. The van der Waals surface area contributed by atoms with Gasteiger partial charge in [0.15, 0.2) is 0 Å². The molecule has 0 aliphatic heterocycles. The van der Waals surface area contributed by atoms with E-state index in [1.165, 1.54) is 107 Å². The summed E-state index contributed by atoms with van der Waals surface area (Å²) in [5.74, 6) is 4.44. The van der Waals surface area contributed by atoms with E-state index in [9.17, 15) is 0 Å². The summed E-state index contributed by atoms with van der Waals surface area (Å²) < 4.78 is 0. The molecule has 0 radical (unpaired) electrons. The van der Waals surface area contributed by atoms with Crippen molar-refractivity contribution in [1.82, 2.24) is 0 Å². The van der Waals surface area contributed by atoms with Crippen molar-refractivity contribution in [1.29, 1.82) is 0 Å². The van der Waals surface area contributed by atoms with Gasteiger partial charge in [0.2, 0.25) is 0 Å². The Balaban J connectivity index is 3.96. The van der Waals surface area contributed by atoms with E-state index in [4.69, 9.17) is 0 Å². The van der Waals surface area contributed by atoms with E-state index >= 15 is 0 Å². The Morgan fingerprint density at radius 1 is 0.455 bits per heavy atom. The summed E-state index contributed by atoms with van der Waals surface area (Å²) in [6, 6.07) is 0. The van der Waals surface area contributed by atoms with E-state index in [2.05, 4.69) is 35.6 Å². The number of halogens is 1. The average molecular weight is 396 g/mol. The first-order valence-electron chi connectivity index (χ1n) is 10.1. The van der Waals surface area contributed by atoms with Gasteiger partial charge in [0.25, 0.3) is 0 Å². The molecule has 0 aromatic heterocycles. The van der Waals surface area contributed by atoms with Gasteiger partial charge in [-0.15, -0.1) is 0 Å². The number of unbranched alkanes of at least 4 members (excludes halogenated alkanes) is 11. The molecule has 0 aromatic rings. The van der Waals surface area contributed by atoms with Crippen LogP contribution in [0.25, 0.3) is 0 Å². The fraction of sp³-hybridized carbons (Fsp3) is 1.00. The van der Waals surface area contributed by atoms with Gasteiger partial charge in [-0.2, -0.15) is 8.46 Å². The van der Waals surface area contributed by atoms with Gasteiger partial charge in [0.05, 0.1) is 0 Å². The van der Waals surface area contributed by atoms with E-state index in [-0.39, 0.29) is 0 Å². The van der Waals surface area contributed by atoms with Gasteiger partial charge in [-0.3, -0.25) is 0 Å². The Bertz CT molecular complexity index is 206. The first-order chi connectivity index (χ1) is 10.7. The third-order valence-electron chi connectivity index (χ3n) is 4.59. The Hall–Kier alpha value is 0.830. The van der Waals surface area contributed by atoms with Crippen LogP contribution in [0.3, 0.4) is 0 Å². The van der Waals surface area contributed by atoms with E-state index in [1.807, 2.05) is 0 Å². The molecule has 0 aliphatic rings. The van der Waals surface area contributed by atoms with Crippen LogP contribution in [0.15, 0.2) is 0 Å². The van der Waals surface area contributed by atoms with Crippen molar-refractivity contribution >= 4 is 23.3 Å². The van der Waals surface area contributed by atoms with Gasteiger partial charge in [0, 0.05) is 0 Å². The van der Waals surface area contributed by atoms with Crippen LogP contribution >= 0.6 is 23.3 Å². The molecule has 0 spiro atoms. The minimum atomic E-state index is -0.480.